The first kappa shape index (κ1) is 63.4. The van der Waals surface area contributed by atoms with Crippen molar-refractivity contribution in [3.8, 4) is 11.5 Å². The number of nitro groups is 2. The van der Waals surface area contributed by atoms with Gasteiger partial charge in [-0.05, 0) is 50.7 Å². The van der Waals surface area contributed by atoms with Crippen LogP contribution >= 0.6 is 23.2 Å². The van der Waals surface area contributed by atoms with Gasteiger partial charge in [-0.25, -0.2) is 14.4 Å². The summed E-state index contributed by atoms with van der Waals surface area (Å²) in [6, 6.07) is 7.32. The molecule has 0 aromatic heterocycles. The number of amides is 2. The number of carbonyl (C=O) groups is 3. The van der Waals surface area contributed by atoms with Gasteiger partial charge in [-0.3, -0.25) is 20.2 Å². The lowest BCUT2D eigenvalue weighted by atomic mass is 10.1. The van der Waals surface area contributed by atoms with Crippen molar-refractivity contribution in [2.75, 3.05) is 144 Å². The number of ether oxygens (including phenoxy) is 12. The largest absolute Gasteiger partial charge is 0.519 e. The Bertz CT molecular complexity index is 1660. The first-order valence-corrected chi connectivity index (χ1v) is 25.2. The van der Waals surface area contributed by atoms with Crippen LogP contribution in [-0.2, 0) is 60.2 Å². The number of nitro benzene ring substituents is 2. The maximum absolute atomic E-state index is 13.0. The van der Waals surface area contributed by atoms with Gasteiger partial charge >= 0.3 is 18.3 Å². The molecular weight excluding hydrogens is 995 g/mol. The number of alkyl carbamates (subject to hydrolysis) is 2. The molecular formula is C47H72Cl2N4O19. The minimum Gasteiger partial charge on any atom is -0.447 e. The van der Waals surface area contributed by atoms with Crippen LogP contribution in [0.4, 0.5) is 25.8 Å². The Kier molecular flexibility index (Phi) is 38.6. The SMILES string of the molecule is O=C(NCCOCCOCCCCCCCl)OCCOCCOCCc1cc([N+](=O)[O-])ccc1OC(=O)Oc1ccc([N+](=O)[O-])cc1CCOCCOCCOC(=O)NCCOCCOCCCCCCCl. The quantitative estimate of drug-likeness (QED) is 0.0164. The fraction of sp³-hybridized carbons (Fsp3) is 0.681. The molecule has 0 spiro atoms. The zero-order chi connectivity index (χ0) is 52.1. The van der Waals surface area contributed by atoms with E-state index in [1.54, 1.807) is 0 Å². The molecule has 408 valence electrons. The van der Waals surface area contributed by atoms with Crippen molar-refractivity contribution >= 4 is 52.9 Å². The van der Waals surface area contributed by atoms with Gasteiger partial charge in [0.1, 0.15) is 24.7 Å². The second-order valence-corrected chi connectivity index (χ2v) is 16.0. The number of carbonyl (C=O) groups excluding carboxylic acids is 3. The summed E-state index contributed by atoms with van der Waals surface area (Å²) in [5, 5.41) is 28.2. The molecule has 2 rings (SSSR count). The highest BCUT2D eigenvalue weighted by atomic mass is 35.5. The fourth-order valence-electron chi connectivity index (χ4n) is 6.04. The normalized spacial score (nSPS) is 11.0. The van der Waals surface area contributed by atoms with E-state index in [2.05, 4.69) is 10.6 Å². The predicted octanol–water partition coefficient (Wildman–Crippen LogP) is 7.35. The second kappa shape index (κ2) is 43.9. The Morgan fingerprint density at radius 3 is 1.14 bits per heavy atom. The highest BCUT2D eigenvalue weighted by Crippen LogP contribution is 2.28. The van der Waals surface area contributed by atoms with E-state index in [4.69, 9.17) is 80.0 Å². The van der Waals surface area contributed by atoms with Gasteiger partial charge in [0.2, 0.25) is 0 Å². The Morgan fingerprint density at radius 2 is 0.764 bits per heavy atom. The third-order valence-corrected chi connectivity index (χ3v) is 10.2. The molecule has 0 aliphatic carbocycles. The lowest BCUT2D eigenvalue weighted by Crippen LogP contribution is -2.29. The lowest BCUT2D eigenvalue weighted by molar-refractivity contribution is -0.385. The minimum absolute atomic E-state index is 0.00885. The van der Waals surface area contributed by atoms with Crippen molar-refractivity contribution < 1.29 is 81.1 Å². The molecule has 0 saturated heterocycles. The summed E-state index contributed by atoms with van der Waals surface area (Å²) in [7, 11) is 0. The Morgan fingerprint density at radius 1 is 0.431 bits per heavy atom. The summed E-state index contributed by atoms with van der Waals surface area (Å²) in [4.78, 5) is 58.6. The Labute approximate surface area is 430 Å². The van der Waals surface area contributed by atoms with Gasteiger partial charge < -0.3 is 67.5 Å². The number of non-ortho nitro benzene ring substituents is 2. The molecule has 2 N–H and O–H groups in total. The molecule has 72 heavy (non-hydrogen) atoms. The summed E-state index contributed by atoms with van der Waals surface area (Å²) >= 11 is 11.3. The number of unbranched alkanes of at least 4 members (excludes halogenated alkanes) is 6. The van der Waals surface area contributed by atoms with E-state index in [9.17, 15) is 34.6 Å². The molecule has 23 nitrogen and oxygen atoms in total. The Balaban J connectivity index is 1.63. The van der Waals surface area contributed by atoms with Crippen LogP contribution in [0.15, 0.2) is 36.4 Å². The van der Waals surface area contributed by atoms with E-state index < -0.39 is 28.2 Å². The highest BCUT2D eigenvalue weighted by Gasteiger charge is 2.19. The average Bonchev–Trinajstić information content (AvgIpc) is 3.36. The van der Waals surface area contributed by atoms with Gasteiger partial charge in [0.05, 0.1) is 102 Å². The molecule has 0 atom stereocenters. The summed E-state index contributed by atoms with van der Waals surface area (Å²) in [5.41, 5.74) is 0.0619. The third-order valence-electron chi connectivity index (χ3n) is 9.71. The maximum atomic E-state index is 13.0. The molecule has 0 saturated carbocycles. The molecule has 2 aromatic carbocycles. The van der Waals surface area contributed by atoms with Crippen molar-refractivity contribution in [1.29, 1.82) is 0 Å². The molecule has 0 unspecified atom stereocenters. The zero-order valence-electron chi connectivity index (χ0n) is 41.0. The van der Waals surface area contributed by atoms with Crippen LogP contribution in [0.1, 0.15) is 62.5 Å². The van der Waals surface area contributed by atoms with Crippen LogP contribution in [0, 0.1) is 20.2 Å². The zero-order valence-corrected chi connectivity index (χ0v) is 42.5. The number of halogens is 2. The van der Waals surface area contributed by atoms with Crippen molar-refractivity contribution in [3.05, 3.63) is 67.8 Å². The van der Waals surface area contributed by atoms with E-state index in [0.717, 1.165) is 63.5 Å². The number of hydrogen-bond acceptors (Lipinski definition) is 19. The summed E-state index contributed by atoms with van der Waals surface area (Å²) in [5.74, 6) is 1.31. The minimum atomic E-state index is -1.19. The maximum Gasteiger partial charge on any atom is 0.519 e. The molecule has 0 fully saturated rings. The monoisotopic (exact) mass is 1070 g/mol. The van der Waals surface area contributed by atoms with Crippen LogP contribution in [-0.4, -0.2) is 172 Å². The van der Waals surface area contributed by atoms with Crippen molar-refractivity contribution in [3.63, 3.8) is 0 Å². The summed E-state index contributed by atoms with van der Waals surface area (Å²) < 4.78 is 64.9. The van der Waals surface area contributed by atoms with Crippen LogP contribution in [0.3, 0.4) is 0 Å². The molecule has 0 aliphatic rings. The van der Waals surface area contributed by atoms with Crippen molar-refractivity contribution in [2.24, 2.45) is 0 Å². The highest BCUT2D eigenvalue weighted by molar-refractivity contribution is 6.18. The molecule has 25 heteroatoms. The average molecular weight is 1070 g/mol. The van der Waals surface area contributed by atoms with E-state index >= 15 is 0 Å². The first-order chi connectivity index (χ1) is 35.1. The molecule has 0 radical (unpaired) electrons. The smallest absolute Gasteiger partial charge is 0.447 e. The number of alkyl halides is 2. The Hall–Kier alpha value is -4.69. The van der Waals surface area contributed by atoms with E-state index in [1.807, 2.05) is 0 Å². The lowest BCUT2D eigenvalue weighted by Gasteiger charge is -2.13. The van der Waals surface area contributed by atoms with E-state index in [1.165, 1.54) is 24.3 Å². The molecule has 0 bridgehead atoms. The number of hydrogen-bond donors (Lipinski definition) is 2. The van der Waals surface area contributed by atoms with Crippen LogP contribution < -0.4 is 20.1 Å². The van der Waals surface area contributed by atoms with E-state index in [0.29, 0.717) is 64.6 Å². The number of nitrogens with one attached hydrogen (secondary N) is 2. The van der Waals surface area contributed by atoms with Gasteiger partial charge in [0.25, 0.3) is 11.4 Å². The number of nitrogens with zero attached hydrogens (tertiary/aromatic N) is 2. The fourth-order valence-corrected chi connectivity index (χ4v) is 6.42. The van der Waals surface area contributed by atoms with Crippen LogP contribution in [0.2, 0.25) is 0 Å². The topological polar surface area (TPSA) is 272 Å². The molecule has 2 aromatic rings. The van der Waals surface area contributed by atoms with Gasteiger partial charge in [-0.1, -0.05) is 25.7 Å². The number of benzene rings is 2. The molecule has 2 amide bonds. The number of rotatable bonds is 46. The van der Waals surface area contributed by atoms with Gasteiger partial charge in [-0.15, -0.1) is 23.2 Å². The van der Waals surface area contributed by atoms with Gasteiger partial charge in [0.15, 0.2) is 0 Å². The van der Waals surface area contributed by atoms with Crippen molar-refractivity contribution in [2.45, 2.75) is 64.2 Å². The molecule has 0 heterocycles. The van der Waals surface area contributed by atoms with Gasteiger partial charge in [-0.2, -0.15) is 0 Å². The standard InChI is InChI=1S/C47H72Cl2N4O19/c48-15-5-1-3-7-19-61-25-29-65-23-17-50-45(54)69-35-33-67-31-27-63-21-13-39-37-41(52(57)58)9-11-43(39)71-47(56)72-44-12-10-42(53(59)60)38-40(44)14-22-64-28-32-68-34-36-70-46(55)51-18-24-66-30-26-62-20-8-4-2-6-16-49/h9-12,37-38H,1-8,13-36H2,(H,50,54)(H,51,55). The first-order valence-electron chi connectivity index (χ1n) is 24.1. The van der Waals surface area contributed by atoms with E-state index in [-0.39, 0.29) is 126 Å². The molecule has 0 aliphatic heterocycles. The van der Waals surface area contributed by atoms with Crippen molar-refractivity contribution in [1.82, 2.24) is 10.6 Å². The predicted molar refractivity (Wildman–Crippen MR) is 264 cm³/mol. The second-order valence-electron chi connectivity index (χ2n) is 15.3. The third kappa shape index (κ3) is 33.9. The summed E-state index contributed by atoms with van der Waals surface area (Å²) in [6.45, 7) is 5.36. The van der Waals surface area contributed by atoms with Gasteiger partial charge in [0, 0.05) is 73.5 Å². The summed E-state index contributed by atoms with van der Waals surface area (Å²) in [6.07, 6.45) is 6.16. The van der Waals surface area contributed by atoms with Crippen LogP contribution in [0.5, 0.6) is 11.5 Å². The van der Waals surface area contributed by atoms with Crippen LogP contribution in [0.25, 0.3) is 0 Å².